The molecule has 114 valence electrons. The Kier molecular flexibility index (Phi) is 4.67. The lowest BCUT2D eigenvalue weighted by Crippen LogP contribution is -2.31. The van der Waals surface area contributed by atoms with Crippen LogP contribution in [0.2, 0.25) is 0 Å². The molecule has 6 heteroatoms. The van der Waals surface area contributed by atoms with Crippen molar-refractivity contribution in [1.82, 2.24) is 10.6 Å². The lowest BCUT2D eigenvalue weighted by molar-refractivity contribution is -0.121. The normalized spacial score (nSPS) is 13.6. The van der Waals surface area contributed by atoms with Gasteiger partial charge in [-0.3, -0.25) is 9.59 Å². The van der Waals surface area contributed by atoms with Gasteiger partial charge in [0.1, 0.15) is 0 Å². The molecule has 0 unspecified atom stereocenters. The number of rotatable bonds is 6. The minimum atomic E-state index is -0.216. The zero-order valence-corrected chi connectivity index (χ0v) is 12.5. The molecule has 0 saturated heterocycles. The molecule has 0 spiro atoms. The number of hydrogen-bond donors (Lipinski definition) is 3. The molecule has 1 aliphatic carbocycles. The van der Waals surface area contributed by atoms with Crippen LogP contribution in [0, 0.1) is 0 Å². The molecule has 0 bridgehead atoms. The van der Waals surface area contributed by atoms with Gasteiger partial charge in [-0.1, -0.05) is 0 Å². The van der Waals surface area contributed by atoms with Crippen molar-refractivity contribution < 1.29 is 9.59 Å². The van der Waals surface area contributed by atoms with Gasteiger partial charge >= 0.3 is 0 Å². The first kappa shape index (κ1) is 15.2. The molecule has 0 atom stereocenters. The summed E-state index contributed by atoms with van der Waals surface area (Å²) in [5.74, 6) is -0.230. The summed E-state index contributed by atoms with van der Waals surface area (Å²) in [4.78, 5) is 25.4. The van der Waals surface area contributed by atoms with Crippen LogP contribution >= 0.6 is 0 Å². The Hall–Kier alpha value is -2.24. The van der Waals surface area contributed by atoms with Gasteiger partial charge in [-0.15, -0.1) is 0 Å². The summed E-state index contributed by atoms with van der Waals surface area (Å²) in [6.45, 7) is 0.326. The molecule has 0 heterocycles. The van der Waals surface area contributed by atoms with Gasteiger partial charge < -0.3 is 21.3 Å². The molecule has 6 nitrogen and oxygen atoms in total. The fourth-order valence-corrected chi connectivity index (χ4v) is 2.02. The van der Waals surface area contributed by atoms with Crippen LogP contribution in [0.3, 0.4) is 0 Å². The molecule has 0 radical (unpaired) electrons. The maximum atomic E-state index is 12.0. The van der Waals surface area contributed by atoms with E-state index in [0.29, 0.717) is 30.3 Å². The van der Waals surface area contributed by atoms with Crippen molar-refractivity contribution in [3.63, 3.8) is 0 Å². The van der Waals surface area contributed by atoms with Gasteiger partial charge in [0.15, 0.2) is 0 Å². The van der Waals surface area contributed by atoms with Crippen LogP contribution in [0.4, 0.5) is 11.4 Å². The highest BCUT2D eigenvalue weighted by molar-refractivity contribution is 5.96. The Morgan fingerprint density at radius 2 is 2.05 bits per heavy atom. The van der Waals surface area contributed by atoms with E-state index < -0.39 is 0 Å². The third-order valence-electron chi connectivity index (χ3n) is 3.35. The SMILES string of the molecule is CN(C)c1ccc(C(=O)NCCC(=O)NC2CC2)cc1N. The van der Waals surface area contributed by atoms with Crippen LogP contribution in [0.15, 0.2) is 18.2 Å². The predicted molar refractivity (Wildman–Crippen MR) is 83.3 cm³/mol. The Labute approximate surface area is 124 Å². The molecule has 0 aliphatic heterocycles. The highest BCUT2D eigenvalue weighted by Gasteiger charge is 2.22. The van der Waals surface area contributed by atoms with E-state index in [-0.39, 0.29) is 11.8 Å². The van der Waals surface area contributed by atoms with Crippen LogP contribution in [0.1, 0.15) is 29.6 Å². The number of hydrogen-bond acceptors (Lipinski definition) is 4. The van der Waals surface area contributed by atoms with Crippen molar-refractivity contribution >= 4 is 23.2 Å². The predicted octanol–water partition coefficient (Wildman–Crippen LogP) is 0.733. The fraction of sp³-hybridized carbons (Fsp3) is 0.467. The number of nitrogen functional groups attached to an aromatic ring is 1. The highest BCUT2D eigenvalue weighted by Crippen LogP contribution is 2.22. The van der Waals surface area contributed by atoms with Gasteiger partial charge in [0.05, 0.1) is 11.4 Å². The maximum Gasteiger partial charge on any atom is 0.251 e. The Balaban J connectivity index is 1.82. The third-order valence-corrected chi connectivity index (χ3v) is 3.35. The number of carbonyl (C=O) groups excluding carboxylic acids is 2. The van der Waals surface area contributed by atoms with Crippen LogP contribution in [0.25, 0.3) is 0 Å². The van der Waals surface area contributed by atoms with E-state index in [2.05, 4.69) is 10.6 Å². The minimum Gasteiger partial charge on any atom is -0.397 e. The quantitative estimate of drug-likeness (QED) is 0.674. The molecule has 4 N–H and O–H groups in total. The Morgan fingerprint density at radius 1 is 1.33 bits per heavy atom. The number of nitrogens with zero attached hydrogens (tertiary/aromatic N) is 1. The lowest BCUT2D eigenvalue weighted by atomic mass is 10.1. The van der Waals surface area contributed by atoms with Crippen molar-refractivity contribution in [1.29, 1.82) is 0 Å². The molecular weight excluding hydrogens is 268 g/mol. The number of amides is 2. The smallest absolute Gasteiger partial charge is 0.251 e. The average Bonchev–Trinajstić information content (AvgIpc) is 3.21. The summed E-state index contributed by atoms with van der Waals surface area (Å²) < 4.78 is 0. The monoisotopic (exact) mass is 290 g/mol. The van der Waals surface area contributed by atoms with Crippen LogP contribution in [0.5, 0.6) is 0 Å². The maximum absolute atomic E-state index is 12.0. The Morgan fingerprint density at radius 3 is 2.62 bits per heavy atom. The van der Waals surface area contributed by atoms with Crippen LogP contribution < -0.4 is 21.3 Å². The molecule has 21 heavy (non-hydrogen) atoms. The standard InChI is InChI=1S/C15H22N4O2/c1-19(2)13-6-3-10(9-12(13)16)15(21)17-8-7-14(20)18-11-4-5-11/h3,6,9,11H,4-5,7-8,16H2,1-2H3,(H,17,21)(H,18,20). The molecule has 0 aromatic heterocycles. The van der Waals surface area contributed by atoms with Crippen molar-refractivity contribution in [2.75, 3.05) is 31.3 Å². The second-order valence-corrected chi connectivity index (χ2v) is 5.52. The number of nitrogens with two attached hydrogens (primary N) is 1. The summed E-state index contributed by atoms with van der Waals surface area (Å²) in [6, 6.07) is 5.54. The van der Waals surface area contributed by atoms with E-state index in [1.807, 2.05) is 25.1 Å². The van der Waals surface area contributed by atoms with Gasteiger partial charge in [-0.2, -0.15) is 0 Å². The van der Waals surface area contributed by atoms with E-state index in [1.165, 1.54) is 0 Å². The van der Waals surface area contributed by atoms with Crippen molar-refractivity contribution in [2.24, 2.45) is 0 Å². The average molecular weight is 290 g/mol. The molecule has 1 aromatic rings. The van der Waals surface area contributed by atoms with E-state index in [0.717, 1.165) is 18.5 Å². The molecule has 2 amide bonds. The zero-order valence-electron chi connectivity index (χ0n) is 12.5. The minimum absolute atomic E-state index is 0.0136. The van der Waals surface area contributed by atoms with Crippen molar-refractivity contribution in [3.8, 4) is 0 Å². The summed E-state index contributed by atoms with van der Waals surface area (Å²) >= 11 is 0. The van der Waals surface area contributed by atoms with Gasteiger partial charge in [-0.05, 0) is 31.0 Å². The van der Waals surface area contributed by atoms with E-state index in [1.54, 1.807) is 12.1 Å². The molecular formula is C15H22N4O2. The van der Waals surface area contributed by atoms with Gasteiger partial charge in [0, 0.05) is 38.7 Å². The molecule has 1 saturated carbocycles. The second kappa shape index (κ2) is 6.47. The van der Waals surface area contributed by atoms with Crippen molar-refractivity contribution in [2.45, 2.75) is 25.3 Å². The topological polar surface area (TPSA) is 87.5 Å². The summed E-state index contributed by atoms with van der Waals surface area (Å²) in [5.41, 5.74) is 7.84. The van der Waals surface area contributed by atoms with Gasteiger partial charge in [-0.25, -0.2) is 0 Å². The first-order chi connectivity index (χ1) is 9.97. The van der Waals surface area contributed by atoms with Crippen LogP contribution in [-0.2, 0) is 4.79 Å². The summed E-state index contributed by atoms with van der Waals surface area (Å²) in [7, 11) is 3.79. The highest BCUT2D eigenvalue weighted by atomic mass is 16.2. The number of carbonyl (C=O) groups is 2. The molecule has 2 rings (SSSR count). The zero-order chi connectivity index (χ0) is 15.4. The second-order valence-electron chi connectivity index (χ2n) is 5.52. The first-order valence-corrected chi connectivity index (χ1v) is 7.12. The summed E-state index contributed by atoms with van der Waals surface area (Å²) in [6.07, 6.45) is 2.43. The third kappa shape index (κ3) is 4.37. The molecule has 1 aromatic carbocycles. The largest absolute Gasteiger partial charge is 0.397 e. The Bertz CT molecular complexity index is 538. The first-order valence-electron chi connectivity index (χ1n) is 7.12. The summed E-state index contributed by atoms with van der Waals surface area (Å²) in [5, 5.41) is 5.61. The number of nitrogens with one attached hydrogen (secondary N) is 2. The van der Waals surface area contributed by atoms with E-state index in [9.17, 15) is 9.59 Å². The number of benzene rings is 1. The van der Waals surface area contributed by atoms with E-state index in [4.69, 9.17) is 5.73 Å². The lowest BCUT2D eigenvalue weighted by Gasteiger charge is -2.15. The fourth-order valence-electron chi connectivity index (χ4n) is 2.02. The van der Waals surface area contributed by atoms with Crippen molar-refractivity contribution in [3.05, 3.63) is 23.8 Å². The van der Waals surface area contributed by atoms with E-state index >= 15 is 0 Å². The van der Waals surface area contributed by atoms with Crippen LogP contribution in [-0.4, -0.2) is 38.5 Å². The number of anilines is 2. The van der Waals surface area contributed by atoms with Gasteiger partial charge in [0.25, 0.3) is 5.91 Å². The molecule has 1 aliphatic rings. The van der Waals surface area contributed by atoms with Gasteiger partial charge in [0.2, 0.25) is 5.91 Å². The molecule has 1 fully saturated rings.